The van der Waals surface area contributed by atoms with E-state index in [1.54, 1.807) is 0 Å². The van der Waals surface area contributed by atoms with Crippen LogP contribution >= 0.6 is 0 Å². The van der Waals surface area contributed by atoms with Crippen LogP contribution in [0.2, 0.25) is 0 Å². The summed E-state index contributed by atoms with van der Waals surface area (Å²) >= 11 is 0. The van der Waals surface area contributed by atoms with E-state index in [-0.39, 0.29) is 0 Å². The SMILES string of the molecule is CCCCCN(CCCCC(C)C)C(C)C. The molecule has 0 rings (SSSR count). The number of hydrogen-bond donors (Lipinski definition) is 0. The van der Waals surface area contributed by atoms with Crippen molar-refractivity contribution < 1.29 is 0 Å². The van der Waals surface area contributed by atoms with E-state index >= 15 is 0 Å². The molecule has 0 aliphatic heterocycles. The first-order chi connectivity index (χ1) is 7.57. The normalized spacial score (nSPS) is 12.0. The van der Waals surface area contributed by atoms with Crippen LogP contribution in [0.5, 0.6) is 0 Å². The molecule has 0 amide bonds. The van der Waals surface area contributed by atoms with Gasteiger partial charge in [-0.25, -0.2) is 0 Å². The lowest BCUT2D eigenvalue weighted by Gasteiger charge is -2.26. The van der Waals surface area contributed by atoms with Crippen molar-refractivity contribution in [2.75, 3.05) is 13.1 Å². The summed E-state index contributed by atoms with van der Waals surface area (Å²) in [6, 6.07) is 0.718. The minimum absolute atomic E-state index is 0.718. The maximum Gasteiger partial charge on any atom is 0.00385 e. The summed E-state index contributed by atoms with van der Waals surface area (Å²) in [6.07, 6.45) is 8.26. The zero-order chi connectivity index (χ0) is 12.4. The van der Waals surface area contributed by atoms with E-state index in [0.717, 1.165) is 12.0 Å². The Balaban J connectivity index is 3.60. The molecule has 0 unspecified atom stereocenters. The summed E-state index contributed by atoms with van der Waals surface area (Å²) in [6.45, 7) is 14.2. The molecule has 1 nitrogen and oxygen atoms in total. The zero-order valence-electron chi connectivity index (χ0n) is 12.3. The van der Waals surface area contributed by atoms with Gasteiger partial charge in [0.05, 0.1) is 0 Å². The Kier molecular flexibility index (Phi) is 10.1. The molecular formula is C15H33N. The summed E-state index contributed by atoms with van der Waals surface area (Å²) in [4.78, 5) is 2.65. The Morgan fingerprint density at radius 1 is 0.812 bits per heavy atom. The fourth-order valence-corrected chi connectivity index (χ4v) is 2.06. The molecule has 16 heavy (non-hydrogen) atoms. The number of rotatable bonds is 10. The zero-order valence-corrected chi connectivity index (χ0v) is 12.3. The Bertz CT molecular complexity index is 140. The summed E-state index contributed by atoms with van der Waals surface area (Å²) in [5.41, 5.74) is 0. The molecule has 0 bridgehead atoms. The third-order valence-corrected chi connectivity index (χ3v) is 3.26. The topological polar surface area (TPSA) is 3.24 Å². The summed E-state index contributed by atoms with van der Waals surface area (Å²) in [7, 11) is 0. The van der Waals surface area contributed by atoms with Gasteiger partial charge in [-0.3, -0.25) is 0 Å². The largest absolute Gasteiger partial charge is 0.301 e. The smallest absolute Gasteiger partial charge is 0.00385 e. The predicted octanol–water partition coefficient (Wildman–Crippen LogP) is 4.71. The molecule has 0 saturated heterocycles. The molecule has 0 aromatic rings. The molecule has 0 atom stereocenters. The molecule has 0 spiro atoms. The van der Waals surface area contributed by atoms with Gasteiger partial charge in [-0.2, -0.15) is 0 Å². The van der Waals surface area contributed by atoms with Crippen LogP contribution < -0.4 is 0 Å². The number of unbranched alkanes of at least 4 members (excludes halogenated alkanes) is 3. The Morgan fingerprint density at radius 2 is 1.38 bits per heavy atom. The van der Waals surface area contributed by atoms with Gasteiger partial charge in [0.2, 0.25) is 0 Å². The van der Waals surface area contributed by atoms with Gasteiger partial charge in [-0.1, -0.05) is 46.5 Å². The maximum atomic E-state index is 2.65. The van der Waals surface area contributed by atoms with Crippen LogP contribution in [-0.4, -0.2) is 24.0 Å². The van der Waals surface area contributed by atoms with E-state index in [9.17, 15) is 0 Å². The second kappa shape index (κ2) is 10.1. The van der Waals surface area contributed by atoms with Gasteiger partial charge in [-0.15, -0.1) is 0 Å². The predicted molar refractivity (Wildman–Crippen MR) is 74.9 cm³/mol. The lowest BCUT2D eigenvalue weighted by Crippen LogP contribution is -2.32. The van der Waals surface area contributed by atoms with Gasteiger partial charge in [0, 0.05) is 6.04 Å². The average molecular weight is 227 g/mol. The molecule has 0 aliphatic carbocycles. The van der Waals surface area contributed by atoms with E-state index in [0.29, 0.717) is 0 Å². The molecule has 0 saturated carbocycles. The van der Waals surface area contributed by atoms with Crippen molar-refractivity contribution in [3.63, 3.8) is 0 Å². The van der Waals surface area contributed by atoms with Gasteiger partial charge in [0.25, 0.3) is 0 Å². The van der Waals surface area contributed by atoms with Crippen LogP contribution in [0.25, 0.3) is 0 Å². The van der Waals surface area contributed by atoms with Crippen LogP contribution in [0.1, 0.15) is 73.1 Å². The maximum absolute atomic E-state index is 2.65. The van der Waals surface area contributed by atoms with E-state index < -0.39 is 0 Å². The van der Waals surface area contributed by atoms with Crippen LogP contribution in [0.3, 0.4) is 0 Å². The summed E-state index contributed by atoms with van der Waals surface area (Å²) in [5.74, 6) is 0.868. The Hall–Kier alpha value is -0.0400. The lowest BCUT2D eigenvalue weighted by molar-refractivity contribution is 0.211. The summed E-state index contributed by atoms with van der Waals surface area (Å²) in [5, 5.41) is 0. The monoisotopic (exact) mass is 227 g/mol. The minimum atomic E-state index is 0.718. The molecule has 98 valence electrons. The van der Waals surface area contributed by atoms with Crippen LogP contribution in [0, 0.1) is 5.92 Å². The van der Waals surface area contributed by atoms with Crippen LogP contribution in [-0.2, 0) is 0 Å². The number of hydrogen-bond acceptors (Lipinski definition) is 1. The highest BCUT2D eigenvalue weighted by Crippen LogP contribution is 2.09. The second-order valence-electron chi connectivity index (χ2n) is 5.73. The lowest BCUT2D eigenvalue weighted by atomic mass is 10.1. The van der Waals surface area contributed by atoms with E-state index in [1.807, 2.05) is 0 Å². The van der Waals surface area contributed by atoms with Crippen LogP contribution in [0.15, 0.2) is 0 Å². The molecule has 1 heteroatoms. The van der Waals surface area contributed by atoms with Crippen molar-refractivity contribution in [2.24, 2.45) is 5.92 Å². The van der Waals surface area contributed by atoms with Gasteiger partial charge in [0.15, 0.2) is 0 Å². The van der Waals surface area contributed by atoms with E-state index in [1.165, 1.54) is 51.6 Å². The van der Waals surface area contributed by atoms with Gasteiger partial charge >= 0.3 is 0 Å². The van der Waals surface area contributed by atoms with Crippen molar-refractivity contribution >= 4 is 0 Å². The van der Waals surface area contributed by atoms with Crippen molar-refractivity contribution in [3.05, 3.63) is 0 Å². The fraction of sp³-hybridized carbons (Fsp3) is 1.00. The molecular weight excluding hydrogens is 194 g/mol. The molecule has 0 heterocycles. The van der Waals surface area contributed by atoms with E-state index in [2.05, 4.69) is 39.5 Å². The number of nitrogens with zero attached hydrogens (tertiary/aromatic N) is 1. The third-order valence-electron chi connectivity index (χ3n) is 3.26. The van der Waals surface area contributed by atoms with Crippen LogP contribution in [0.4, 0.5) is 0 Å². The van der Waals surface area contributed by atoms with E-state index in [4.69, 9.17) is 0 Å². The highest BCUT2D eigenvalue weighted by Gasteiger charge is 2.08. The first-order valence-electron chi connectivity index (χ1n) is 7.32. The van der Waals surface area contributed by atoms with Crippen molar-refractivity contribution in [3.8, 4) is 0 Å². The molecule has 0 aromatic heterocycles. The Labute approximate surface area is 104 Å². The molecule has 0 fully saturated rings. The van der Waals surface area contributed by atoms with Gasteiger partial charge in [-0.05, 0) is 45.7 Å². The fourth-order valence-electron chi connectivity index (χ4n) is 2.06. The van der Waals surface area contributed by atoms with Crippen molar-refractivity contribution in [1.29, 1.82) is 0 Å². The van der Waals surface area contributed by atoms with Crippen molar-refractivity contribution in [2.45, 2.75) is 79.2 Å². The molecule has 0 radical (unpaired) electrons. The average Bonchev–Trinajstić information content (AvgIpc) is 2.21. The van der Waals surface area contributed by atoms with Gasteiger partial charge < -0.3 is 4.90 Å². The van der Waals surface area contributed by atoms with Gasteiger partial charge in [0.1, 0.15) is 0 Å². The molecule has 0 N–H and O–H groups in total. The highest BCUT2D eigenvalue weighted by atomic mass is 15.1. The second-order valence-corrected chi connectivity index (χ2v) is 5.73. The first-order valence-corrected chi connectivity index (χ1v) is 7.32. The molecule has 0 aliphatic rings. The van der Waals surface area contributed by atoms with Crippen molar-refractivity contribution in [1.82, 2.24) is 4.90 Å². The highest BCUT2D eigenvalue weighted by molar-refractivity contribution is 4.63. The minimum Gasteiger partial charge on any atom is -0.301 e. The molecule has 0 aromatic carbocycles. The quantitative estimate of drug-likeness (QED) is 0.488. The Morgan fingerprint density at radius 3 is 1.81 bits per heavy atom. The third kappa shape index (κ3) is 9.21. The first kappa shape index (κ1) is 16.0. The summed E-state index contributed by atoms with van der Waals surface area (Å²) < 4.78 is 0. The standard InChI is InChI=1S/C15H33N/c1-6-7-9-12-16(15(4)5)13-10-8-11-14(2)3/h14-15H,6-13H2,1-5H3.